The molecule has 1 unspecified atom stereocenters. The lowest BCUT2D eigenvalue weighted by Gasteiger charge is -2.35. The predicted molar refractivity (Wildman–Crippen MR) is 143 cm³/mol. The summed E-state index contributed by atoms with van der Waals surface area (Å²) in [7, 11) is 3.31. The summed E-state index contributed by atoms with van der Waals surface area (Å²) in [6.07, 6.45) is 6.39. The second-order valence-corrected chi connectivity index (χ2v) is 9.25. The molecule has 1 aliphatic carbocycles. The van der Waals surface area contributed by atoms with Crippen molar-refractivity contribution in [2.75, 3.05) is 45.7 Å². The van der Waals surface area contributed by atoms with Crippen molar-refractivity contribution in [1.82, 2.24) is 19.8 Å². The number of alkyl halides is 1. The van der Waals surface area contributed by atoms with Gasteiger partial charge in [-0.2, -0.15) is 4.98 Å². The lowest BCUT2D eigenvalue weighted by atomic mass is 10.0. The van der Waals surface area contributed by atoms with E-state index < -0.39 is 6.10 Å². The normalized spacial score (nSPS) is 19.7. The van der Waals surface area contributed by atoms with E-state index in [0.29, 0.717) is 35.2 Å². The van der Waals surface area contributed by atoms with E-state index in [1.54, 1.807) is 32.4 Å². The molecule has 0 saturated carbocycles. The minimum Gasteiger partial charge on any atom is -0.372 e. The number of hydrogen-bond acceptors (Lipinski definition) is 7. The van der Waals surface area contributed by atoms with Crippen molar-refractivity contribution in [3.8, 4) is 0 Å². The van der Waals surface area contributed by atoms with Gasteiger partial charge in [0.15, 0.2) is 0 Å². The number of benzene rings is 1. The van der Waals surface area contributed by atoms with E-state index >= 15 is 0 Å². The molecule has 1 aromatic carbocycles. The summed E-state index contributed by atoms with van der Waals surface area (Å²) in [5, 5.41) is 4.18. The molecule has 0 radical (unpaired) electrons. The Kier molecular flexibility index (Phi) is 8.67. The number of anilines is 1. The van der Waals surface area contributed by atoms with E-state index in [0.717, 1.165) is 25.0 Å². The van der Waals surface area contributed by atoms with E-state index in [-0.39, 0.29) is 11.9 Å². The maximum atomic E-state index is 13.2. The first-order chi connectivity index (χ1) is 17.0. The van der Waals surface area contributed by atoms with Crippen LogP contribution in [-0.4, -0.2) is 77.8 Å². The molecule has 1 aromatic heterocycles. The van der Waals surface area contributed by atoms with Crippen LogP contribution in [0.1, 0.15) is 11.1 Å². The monoisotopic (exact) mass is 558 g/mol. The van der Waals surface area contributed by atoms with Crippen molar-refractivity contribution in [3.63, 3.8) is 0 Å². The third-order valence-electron chi connectivity index (χ3n) is 5.97. The maximum Gasteiger partial charge on any atom is 0.253 e. The van der Waals surface area contributed by atoms with E-state index in [9.17, 15) is 4.79 Å². The number of amides is 1. The average Bonchev–Trinajstić information content (AvgIpc) is 2.90. The molecule has 1 saturated heterocycles. The van der Waals surface area contributed by atoms with Crippen molar-refractivity contribution in [3.05, 3.63) is 70.4 Å². The summed E-state index contributed by atoms with van der Waals surface area (Å²) < 4.78 is 5.59. The number of ether oxygens (including phenoxy) is 1. The molecular formula is C25H28BrClN6O2. The van der Waals surface area contributed by atoms with Gasteiger partial charge in [0, 0.05) is 57.8 Å². The highest BCUT2D eigenvalue weighted by atomic mass is 79.9. The standard InChI is InChI=1S/C25H28BrClN6O2/c1-28-23-20(27)15-29-25(31-23)30-21-7-6-19(13-22(21)35-2)24(34)33-10-8-32(9-11-33)16-18-5-3-4-17(12-18)14-26/h3-7,12-13,15,22H,8-11,14,16H2,1-2H3,(H,28,29,31). The van der Waals surface area contributed by atoms with Gasteiger partial charge in [0.2, 0.25) is 0 Å². The van der Waals surface area contributed by atoms with Crippen LogP contribution >= 0.6 is 27.5 Å². The van der Waals surface area contributed by atoms with Crippen molar-refractivity contribution < 1.29 is 9.53 Å². The molecule has 4 rings (SSSR count). The number of rotatable bonds is 7. The van der Waals surface area contributed by atoms with E-state index in [1.165, 1.54) is 17.3 Å². The first-order valence-corrected chi connectivity index (χ1v) is 12.9. The van der Waals surface area contributed by atoms with Gasteiger partial charge in [-0.15, -0.1) is 0 Å². The third kappa shape index (κ3) is 6.35. The number of halogens is 2. The number of carbonyl (C=O) groups excluding carboxylic acids is 1. The van der Waals surface area contributed by atoms with Crippen molar-refractivity contribution in [2.24, 2.45) is 4.99 Å². The highest BCUT2D eigenvalue weighted by Gasteiger charge is 2.26. The first kappa shape index (κ1) is 25.5. The second-order valence-electron chi connectivity index (χ2n) is 8.29. The fourth-order valence-corrected chi connectivity index (χ4v) is 4.60. The smallest absolute Gasteiger partial charge is 0.253 e. The lowest BCUT2D eigenvalue weighted by Crippen LogP contribution is -2.48. The van der Waals surface area contributed by atoms with Crippen LogP contribution in [0, 0.1) is 0 Å². The molecule has 1 N–H and O–H groups in total. The van der Waals surface area contributed by atoms with Crippen LogP contribution in [0.2, 0.25) is 5.02 Å². The quantitative estimate of drug-likeness (QED) is 0.517. The Morgan fingerprint density at radius 2 is 2.03 bits per heavy atom. The highest BCUT2D eigenvalue weighted by Crippen LogP contribution is 2.22. The number of piperazine rings is 1. The Balaban J connectivity index is 1.38. The molecule has 1 atom stereocenters. The van der Waals surface area contributed by atoms with Gasteiger partial charge in [-0.25, -0.2) is 9.98 Å². The van der Waals surface area contributed by atoms with Crippen LogP contribution in [0.4, 0.5) is 11.8 Å². The number of nitrogens with one attached hydrogen (secondary N) is 1. The molecule has 0 bridgehead atoms. The number of methoxy groups -OCH3 is 1. The zero-order chi connectivity index (χ0) is 24.8. The van der Waals surface area contributed by atoms with Gasteiger partial charge in [0.25, 0.3) is 11.9 Å². The number of aliphatic imine (C=N–C) groups is 1. The van der Waals surface area contributed by atoms with Gasteiger partial charge in [0.1, 0.15) is 16.9 Å². The Labute approximate surface area is 218 Å². The molecule has 2 heterocycles. The number of carbonyl (C=O) groups is 1. The minimum atomic E-state index is -0.473. The van der Waals surface area contributed by atoms with E-state index in [2.05, 4.69) is 65.4 Å². The molecule has 35 heavy (non-hydrogen) atoms. The zero-order valence-electron chi connectivity index (χ0n) is 19.7. The van der Waals surface area contributed by atoms with Crippen LogP contribution in [-0.2, 0) is 21.4 Å². The maximum absolute atomic E-state index is 13.2. The van der Waals surface area contributed by atoms with Crippen LogP contribution in [0.5, 0.6) is 0 Å². The van der Waals surface area contributed by atoms with E-state index in [4.69, 9.17) is 16.3 Å². The minimum absolute atomic E-state index is 0.00324. The predicted octanol–water partition coefficient (Wildman–Crippen LogP) is 3.99. The molecule has 1 amide bonds. The van der Waals surface area contributed by atoms with Gasteiger partial charge in [-0.05, 0) is 29.4 Å². The SMILES string of the molecule is CNc1nc(N=C2C=CC(C(=O)N3CCN(Cc4cccc(CBr)c4)CC3)=CC2OC)ncc1Cl. The molecule has 8 nitrogen and oxygen atoms in total. The molecule has 0 spiro atoms. The van der Waals surface area contributed by atoms with Crippen LogP contribution in [0.25, 0.3) is 0 Å². The fraction of sp³-hybridized carbons (Fsp3) is 0.360. The van der Waals surface area contributed by atoms with Crippen LogP contribution in [0.3, 0.4) is 0 Å². The second kappa shape index (κ2) is 11.9. The third-order valence-corrected chi connectivity index (χ3v) is 6.89. The largest absolute Gasteiger partial charge is 0.372 e. The van der Waals surface area contributed by atoms with Gasteiger partial charge in [-0.1, -0.05) is 51.8 Å². The summed E-state index contributed by atoms with van der Waals surface area (Å²) in [6, 6.07) is 8.59. The Morgan fingerprint density at radius 1 is 1.26 bits per heavy atom. The Hall–Kier alpha value is -2.59. The molecule has 10 heteroatoms. The van der Waals surface area contributed by atoms with Crippen molar-refractivity contribution in [1.29, 1.82) is 0 Å². The number of aromatic nitrogens is 2. The summed E-state index contributed by atoms with van der Waals surface area (Å²) in [5.74, 6) is 0.765. The van der Waals surface area contributed by atoms with Crippen LogP contribution < -0.4 is 5.32 Å². The van der Waals surface area contributed by atoms with Gasteiger partial charge < -0.3 is 15.0 Å². The summed E-state index contributed by atoms with van der Waals surface area (Å²) >= 11 is 9.57. The number of hydrogen-bond donors (Lipinski definition) is 1. The fourth-order valence-electron chi connectivity index (χ4n) is 4.07. The van der Waals surface area contributed by atoms with Crippen molar-refractivity contribution >= 4 is 50.9 Å². The lowest BCUT2D eigenvalue weighted by molar-refractivity contribution is -0.128. The summed E-state index contributed by atoms with van der Waals surface area (Å²) in [4.78, 5) is 30.4. The van der Waals surface area contributed by atoms with Crippen molar-refractivity contribution in [2.45, 2.75) is 18.0 Å². The van der Waals surface area contributed by atoms with Gasteiger partial charge in [0.05, 0.1) is 11.9 Å². The Bertz CT molecular complexity index is 1160. The van der Waals surface area contributed by atoms with Gasteiger partial charge >= 0.3 is 0 Å². The summed E-state index contributed by atoms with van der Waals surface area (Å²) in [6.45, 7) is 3.93. The van der Waals surface area contributed by atoms with Crippen LogP contribution in [0.15, 0.2) is 59.3 Å². The zero-order valence-corrected chi connectivity index (χ0v) is 22.1. The van der Waals surface area contributed by atoms with E-state index in [1.807, 2.05) is 4.90 Å². The molecular weight excluding hydrogens is 532 g/mol. The molecule has 1 fully saturated rings. The van der Waals surface area contributed by atoms with Gasteiger partial charge in [-0.3, -0.25) is 9.69 Å². The molecule has 2 aliphatic rings. The summed E-state index contributed by atoms with van der Waals surface area (Å²) in [5.41, 5.74) is 3.78. The first-order valence-electron chi connectivity index (χ1n) is 11.4. The molecule has 184 valence electrons. The highest BCUT2D eigenvalue weighted by molar-refractivity contribution is 9.08. The molecule has 1 aliphatic heterocycles. The topological polar surface area (TPSA) is 83.0 Å². The average molecular weight is 560 g/mol. The Morgan fingerprint density at radius 3 is 2.74 bits per heavy atom. The molecule has 2 aromatic rings. The number of nitrogens with zero attached hydrogens (tertiary/aromatic N) is 5.